The summed E-state index contributed by atoms with van der Waals surface area (Å²) < 4.78 is 0. The Balaban J connectivity index is 2.90. The quantitative estimate of drug-likeness (QED) is 0.616. The van der Waals surface area contributed by atoms with Crippen LogP contribution in [0.2, 0.25) is 5.02 Å². The number of halogens is 1. The highest BCUT2D eigenvalue weighted by atomic mass is 35.5. The van der Waals surface area contributed by atoms with E-state index in [1.54, 1.807) is 11.9 Å². The molecule has 104 valence electrons. The number of nitro benzene ring substituents is 1. The van der Waals surface area contributed by atoms with E-state index in [4.69, 9.17) is 11.6 Å². The molecule has 0 heterocycles. The first-order chi connectivity index (χ1) is 8.86. The maximum Gasteiger partial charge on any atom is 0.269 e. The van der Waals surface area contributed by atoms with Crippen LogP contribution in [0.4, 0.5) is 5.69 Å². The van der Waals surface area contributed by atoms with Crippen molar-refractivity contribution in [3.8, 4) is 0 Å². The minimum atomic E-state index is -0.476. The molecule has 0 aliphatic rings. The Morgan fingerprint density at radius 1 is 1.53 bits per heavy atom. The zero-order valence-electron chi connectivity index (χ0n) is 11.2. The zero-order valence-corrected chi connectivity index (χ0v) is 12.0. The fourth-order valence-electron chi connectivity index (χ4n) is 1.68. The highest BCUT2D eigenvalue weighted by Crippen LogP contribution is 2.23. The fraction of sp³-hybridized carbons (Fsp3) is 0.462. The number of nitro groups is 1. The van der Waals surface area contributed by atoms with E-state index in [2.05, 4.69) is 0 Å². The van der Waals surface area contributed by atoms with Gasteiger partial charge in [-0.15, -0.1) is 0 Å². The molecule has 0 saturated heterocycles. The van der Waals surface area contributed by atoms with Crippen molar-refractivity contribution in [2.75, 3.05) is 7.05 Å². The van der Waals surface area contributed by atoms with E-state index in [0.29, 0.717) is 10.6 Å². The Kier molecular flexibility index (Phi) is 5.30. The Morgan fingerprint density at radius 3 is 2.68 bits per heavy atom. The van der Waals surface area contributed by atoms with Gasteiger partial charge in [-0.25, -0.2) is 0 Å². The molecule has 1 aromatic rings. The van der Waals surface area contributed by atoms with Gasteiger partial charge in [0, 0.05) is 36.7 Å². The van der Waals surface area contributed by atoms with Crippen LogP contribution in [0.15, 0.2) is 18.2 Å². The molecule has 0 radical (unpaired) electrons. The van der Waals surface area contributed by atoms with E-state index in [1.807, 2.05) is 13.8 Å². The first-order valence-corrected chi connectivity index (χ1v) is 6.42. The maximum absolute atomic E-state index is 12.0. The highest BCUT2D eigenvalue weighted by molar-refractivity contribution is 6.31. The molecule has 19 heavy (non-hydrogen) atoms. The lowest BCUT2D eigenvalue weighted by atomic mass is 10.1. The van der Waals surface area contributed by atoms with E-state index in [-0.39, 0.29) is 24.1 Å². The lowest BCUT2D eigenvalue weighted by Crippen LogP contribution is -2.31. The van der Waals surface area contributed by atoms with Crippen LogP contribution in [0.25, 0.3) is 0 Å². The third kappa shape index (κ3) is 3.92. The molecule has 0 spiro atoms. The summed E-state index contributed by atoms with van der Waals surface area (Å²) in [4.78, 5) is 23.7. The lowest BCUT2D eigenvalue weighted by molar-refractivity contribution is -0.384. The Morgan fingerprint density at radius 2 is 2.16 bits per heavy atom. The SMILES string of the molecule is CCC(C)C(=O)N(C)Cc1cc([N+](=O)[O-])ccc1Cl. The molecule has 0 aliphatic carbocycles. The van der Waals surface area contributed by atoms with Crippen LogP contribution in [0, 0.1) is 16.0 Å². The van der Waals surface area contributed by atoms with Crippen molar-refractivity contribution in [2.24, 2.45) is 5.92 Å². The van der Waals surface area contributed by atoms with Crippen molar-refractivity contribution in [1.82, 2.24) is 4.90 Å². The Hall–Kier alpha value is -1.62. The van der Waals surface area contributed by atoms with Gasteiger partial charge in [0.15, 0.2) is 0 Å². The highest BCUT2D eigenvalue weighted by Gasteiger charge is 2.18. The molecule has 6 heteroatoms. The van der Waals surface area contributed by atoms with Gasteiger partial charge in [-0.1, -0.05) is 25.4 Å². The second-order valence-electron chi connectivity index (χ2n) is 4.54. The van der Waals surface area contributed by atoms with E-state index in [0.717, 1.165) is 6.42 Å². The molecule has 0 aliphatic heterocycles. The van der Waals surface area contributed by atoms with Gasteiger partial charge in [0.2, 0.25) is 5.91 Å². The molecular formula is C13H17ClN2O3. The predicted molar refractivity (Wildman–Crippen MR) is 74.0 cm³/mol. The average Bonchev–Trinajstić information content (AvgIpc) is 2.38. The van der Waals surface area contributed by atoms with Gasteiger partial charge < -0.3 is 4.90 Å². The molecule has 0 aromatic heterocycles. The van der Waals surface area contributed by atoms with Crippen LogP contribution in [0.1, 0.15) is 25.8 Å². The summed E-state index contributed by atoms with van der Waals surface area (Å²) in [5.41, 5.74) is 0.554. The molecule has 1 aromatic carbocycles. The van der Waals surface area contributed by atoms with Gasteiger partial charge in [0.05, 0.1) is 4.92 Å². The molecule has 0 bridgehead atoms. The Bertz CT molecular complexity index is 491. The third-order valence-electron chi connectivity index (χ3n) is 3.06. The summed E-state index contributed by atoms with van der Waals surface area (Å²) in [5, 5.41) is 11.1. The average molecular weight is 285 g/mol. The van der Waals surface area contributed by atoms with E-state index in [1.165, 1.54) is 18.2 Å². The van der Waals surface area contributed by atoms with Crippen LogP contribution >= 0.6 is 11.6 Å². The van der Waals surface area contributed by atoms with Crippen molar-refractivity contribution in [3.63, 3.8) is 0 Å². The largest absolute Gasteiger partial charge is 0.341 e. The second-order valence-corrected chi connectivity index (χ2v) is 4.94. The summed E-state index contributed by atoms with van der Waals surface area (Å²) in [7, 11) is 1.67. The number of hydrogen-bond donors (Lipinski definition) is 0. The van der Waals surface area contributed by atoms with Crippen LogP contribution in [0.5, 0.6) is 0 Å². The zero-order chi connectivity index (χ0) is 14.6. The number of amides is 1. The monoisotopic (exact) mass is 284 g/mol. The molecule has 1 unspecified atom stereocenters. The van der Waals surface area contributed by atoms with Crippen LogP contribution in [-0.4, -0.2) is 22.8 Å². The summed E-state index contributed by atoms with van der Waals surface area (Å²) in [6.45, 7) is 4.06. The molecule has 0 N–H and O–H groups in total. The number of rotatable bonds is 5. The minimum Gasteiger partial charge on any atom is -0.341 e. The van der Waals surface area contributed by atoms with Gasteiger partial charge in [0.1, 0.15) is 0 Å². The van der Waals surface area contributed by atoms with Gasteiger partial charge in [-0.2, -0.15) is 0 Å². The van der Waals surface area contributed by atoms with Crippen molar-refractivity contribution in [3.05, 3.63) is 38.9 Å². The summed E-state index contributed by atoms with van der Waals surface area (Å²) in [6, 6.07) is 4.24. The van der Waals surface area contributed by atoms with Crippen LogP contribution < -0.4 is 0 Å². The second kappa shape index (κ2) is 6.52. The smallest absolute Gasteiger partial charge is 0.269 e. The summed E-state index contributed by atoms with van der Waals surface area (Å²) in [5.74, 6) is -0.0625. The topological polar surface area (TPSA) is 63.5 Å². The minimum absolute atomic E-state index is 0.00470. The maximum atomic E-state index is 12.0. The number of carbonyl (C=O) groups is 1. The van der Waals surface area contributed by atoms with Crippen LogP contribution in [0.3, 0.4) is 0 Å². The number of non-ortho nitro benzene ring substituents is 1. The van der Waals surface area contributed by atoms with Crippen molar-refractivity contribution in [2.45, 2.75) is 26.8 Å². The molecule has 5 nitrogen and oxygen atoms in total. The number of carbonyl (C=O) groups excluding carboxylic acids is 1. The summed E-state index contributed by atoms with van der Waals surface area (Å²) >= 11 is 6.00. The molecule has 0 saturated carbocycles. The predicted octanol–water partition coefficient (Wildman–Crippen LogP) is 3.25. The molecule has 0 fully saturated rings. The number of benzene rings is 1. The first-order valence-electron chi connectivity index (χ1n) is 6.04. The van der Waals surface area contributed by atoms with Gasteiger partial charge in [-0.05, 0) is 18.1 Å². The fourth-order valence-corrected chi connectivity index (χ4v) is 1.86. The Labute approximate surface area is 117 Å². The normalized spacial score (nSPS) is 12.0. The lowest BCUT2D eigenvalue weighted by Gasteiger charge is -2.21. The van der Waals surface area contributed by atoms with Crippen molar-refractivity contribution < 1.29 is 9.72 Å². The van der Waals surface area contributed by atoms with Crippen molar-refractivity contribution >= 4 is 23.2 Å². The number of hydrogen-bond acceptors (Lipinski definition) is 3. The van der Waals surface area contributed by atoms with E-state index in [9.17, 15) is 14.9 Å². The van der Waals surface area contributed by atoms with Crippen molar-refractivity contribution in [1.29, 1.82) is 0 Å². The standard InChI is InChI=1S/C13H17ClN2O3/c1-4-9(2)13(17)15(3)8-10-7-11(16(18)19)5-6-12(10)14/h5-7,9H,4,8H2,1-3H3. The number of nitrogens with zero attached hydrogens (tertiary/aromatic N) is 2. The van der Waals surface area contributed by atoms with Crippen LogP contribution in [-0.2, 0) is 11.3 Å². The first kappa shape index (κ1) is 15.4. The third-order valence-corrected chi connectivity index (χ3v) is 3.43. The van der Waals surface area contributed by atoms with Gasteiger partial charge >= 0.3 is 0 Å². The molecular weight excluding hydrogens is 268 g/mol. The molecule has 1 rings (SSSR count). The molecule has 1 atom stereocenters. The van der Waals surface area contributed by atoms with Gasteiger partial charge in [-0.3, -0.25) is 14.9 Å². The molecule has 1 amide bonds. The van der Waals surface area contributed by atoms with Gasteiger partial charge in [0.25, 0.3) is 5.69 Å². The van der Waals surface area contributed by atoms with E-state index < -0.39 is 4.92 Å². The van der Waals surface area contributed by atoms with E-state index >= 15 is 0 Å². The summed E-state index contributed by atoms with van der Waals surface area (Å²) in [6.07, 6.45) is 0.756.